The van der Waals surface area contributed by atoms with Crippen molar-refractivity contribution in [1.29, 1.82) is 0 Å². The van der Waals surface area contributed by atoms with Gasteiger partial charge in [-0.2, -0.15) is 4.31 Å². The number of pyridine rings is 1. The first-order chi connectivity index (χ1) is 13.5. The molecule has 4 rings (SSSR count). The molecule has 150 valence electrons. The zero-order valence-corrected chi connectivity index (χ0v) is 17.2. The van der Waals surface area contributed by atoms with Crippen LogP contribution in [0.15, 0.2) is 47.5 Å². The molecule has 2 saturated heterocycles. The second-order valence-electron chi connectivity index (χ2n) is 7.22. The average molecular weight is 422 g/mol. The highest BCUT2D eigenvalue weighted by Gasteiger charge is 2.33. The zero-order chi connectivity index (χ0) is 19.6. The highest BCUT2D eigenvalue weighted by atomic mass is 35.5. The molecule has 1 aromatic heterocycles. The van der Waals surface area contributed by atoms with Crippen LogP contribution in [0.5, 0.6) is 5.75 Å². The summed E-state index contributed by atoms with van der Waals surface area (Å²) in [6.07, 6.45) is 5.32. The summed E-state index contributed by atoms with van der Waals surface area (Å²) in [6.45, 7) is 2.45. The molecular formula is C20H24ClN3O3S. The summed E-state index contributed by atoms with van der Waals surface area (Å²) in [4.78, 5) is 6.72. The largest absolute Gasteiger partial charge is 0.488 e. The van der Waals surface area contributed by atoms with Crippen molar-refractivity contribution in [3.8, 4) is 5.75 Å². The lowest BCUT2D eigenvalue weighted by atomic mass is 10.2. The molecule has 0 radical (unpaired) electrons. The Morgan fingerprint density at radius 1 is 1.07 bits per heavy atom. The van der Waals surface area contributed by atoms with Crippen molar-refractivity contribution < 1.29 is 13.2 Å². The quantitative estimate of drug-likeness (QED) is 0.738. The van der Waals surface area contributed by atoms with Gasteiger partial charge in [0.05, 0.1) is 6.54 Å². The maximum absolute atomic E-state index is 13.2. The van der Waals surface area contributed by atoms with Gasteiger partial charge in [0.25, 0.3) is 0 Å². The van der Waals surface area contributed by atoms with Gasteiger partial charge < -0.3 is 9.64 Å². The number of hydrogen-bond donors (Lipinski definition) is 0. The molecule has 2 aliphatic rings. The Balaban J connectivity index is 1.52. The summed E-state index contributed by atoms with van der Waals surface area (Å²) in [5.41, 5.74) is 0. The van der Waals surface area contributed by atoms with Gasteiger partial charge in [0, 0.05) is 37.3 Å². The van der Waals surface area contributed by atoms with Crippen molar-refractivity contribution in [2.45, 2.75) is 36.7 Å². The Labute approximate surface area is 171 Å². The van der Waals surface area contributed by atoms with Crippen LogP contribution in [0.4, 0.5) is 5.82 Å². The molecule has 2 aromatic rings. The van der Waals surface area contributed by atoms with Crippen LogP contribution in [0.1, 0.15) is 25.7 Å². The van der Waals surface area contributed by atoms with Gasteiger partial charge in [0.2, 0.25) is 10.0 Å². The number of hydrogen-bond acceptors (Lipinski definition) is 5. The number of piperidine rings is 1. The number of anilines is 1. The fraction of sp³-hybridized carbons (Fsp3) is 0.450. The van der Waals surface area contributed by atoms with Gasteiger partial charge in [-0.3, -0.25) is 0 Å². The minimum atomic E-state index is -3.54. The monoisotopic (exact) mass is 421 g/mol. The lowest BCUT2D eigenvalue weighted by molar-refractivity contribution is 0.225. The second kappa shape index (κ2) is 8.27. The number of benzene rings is 1. The topological polar surface area (TPSA) is 62.7 Å². The zero-order valence-electron chi connectivity index (χ0n) is 15.6. The van der Waals surface area contributed by atoms with E-state index < -0.39 is 10.0 Å². The lowest BCUT2D eigenvalue weighted by Crippen LogP contribution is -2.37. The Morgan fingerprint density at radius 3 is 2.68 bits per heavy atom. The smallest absolute Gasteiger partial charge is 0.246 e. The molecular weight excluding hydrogens is 398 g/mol. The predicted molar refractivity (Wildman–Crippen MR) is 110 cm³/mol. The van der Waals surface area contributed by atoms with Gasteiger partial charge in [-0.1, -0.05) is 24.1 Å². The van der Waals surface area contributed by atoms with Crippen LogP contribution in [-0.2, 0) is 10.0 Å². The molecule has 2 fully saturated rings. The highest BCUT2D eigenvalue weighted by Crippen LogP contribution is 2.31. The molecule has 2 aliphatic heterocycles. The molecule has 6 nitrogen and oxygen atoms in total. The van der Waals surface area contributed by atoms with Crippen molar-refractivity contribution in [2.75, 3.05) is 31.1 Å². The van der Waals surface area contributed by atoms with Crippen molar-refractivity contribution >= 4 is 27.4 Å². The molecule has 1 atom stereocenters. The van der Waals surface area contributed by atoms with Gasteiger partial charge in [0.1, 0.15) is 22.6 Å². The third kappa shape index (κ3) is 4.11. The Morgan fingerprint density at radius 2 is 1.89 bits per heavy atom. The van der Waals surface area contributed by atoms with Crippen LogP contribution >= 0.6 is 11.6 Å². The summed E-state index contributed by atoms with van der Waals surface area (Å²) >= 11 is 6.03. The standard InChI is InChI=1S/C20H24ClN3O3S/c21-16-6-4-7-17(14-16)27-18-9-13-23(15-18)20-19(8-5-10-22-20)28(25,26)24-11-2-1-3-12-24/h4-8,10,14,18H,1-3,9,11-13,15H2. The minimum absolute atomic E-state index is 0.0361. The molecule has 1 unspecified atom stereocenters. The van der Waals surface area contributed by atoms with Gasteiger partial charge in [-0.05, 0) is 43.2 Å². The Bertz CT molecular complexity index is 932. The van der Waals surface area contributed by atoms with Crippen LogP contribution in [0.2, 0.25) is 5.02 Å². The minimum Gasteiger partial charge on any atom is -0.488 e. The third-order valence-corrected chi connectivity index (χ3v) is 7.38. The first-order valence-corrected chi connectivity index (χ1v) is 11.5. The van der Waals surface area contributed by atoms with Gasteiger partial charge in [-0.25, -0.2) is 13.4 Å². The van der Waals surface area contributed by atoms with E-state index in [-0.39, 0.29) is 6.10 Å². The summed E-state index contributed by atoms with van der Waals surface area (Å²) in [5.74, 6) is 1.24. The fourth-order valence-electron chi connectivity index (χ4n) is 3.81. The van der Waals surface area contributed by atoms with Crippen molar-refractivity contribution in [1.82, 2.24) is 9.29 Å². The maximum atomic E-state index is 13.2. The van der Waals surface area contributed by atoms with E-state index in [4.69, 9.17) is 16.3 Å². The normalized spacial score (nSPS) is 21.0. The Hall–Kier alpha value is -1.83. The van der Waals surface area contributed by atoms with E-state index in [9.17, 15) is 8.42 Å². The number of aromatic nitrogens is 1. The van der Waals surface area contributed by atoms with Gasteiger partial charge in [-0.15, -0.1) is 0 Å². The van der Waals surface area contributed by atoms with E-state index >= 15 is 0 Å². The van der Waals surface area contributed by atoms with Crippen LogP contribution in [-0.4, -0.2) is 50.0 Å². The van der Waals surface area contributed by atoms with E-state index in [1.165, 1.54) is 0 Å². The number of ether oxygens (including phenoxy) is 1. The molecule has 0 saturated carbocycles. The molecule has 28 heavy (non-hydrogen) atoms. The lowest BCUT2D eigenvalue weighted by Gasteiger charge is -2.28. The van der Waals surface area contributed by atoms with E-state index in [0.717, 1.165) is 31.4 Å². The SMILES string of the molecule is O=S(=O)(c1cccnc1N1CCC(Oc2cccc(Cl)c2)C1)N1CCCCC1. The van der Waals surface area contributed by atoms with Crippen LogP contribution < -0.4 is 9.64 Å². The van der Waals surface area contributed by atoms with Crippen LogP contribution in [0.3, 0.4) is 0 Å². The average Bonchev–Trinajstić information content (AvgIpc) is 3.17. The number of halogens is 1. The summed E-state index contributed by atoms with van der Waals surface area (Å²) in [7, 11) is -3.54. The van der Waals surface area contributed by atoms with Gasteiger partial charge in [0.15, 0.2) is 0 Å². The van der Waals surface area contributed by atoms with E-state index in [1.807, 2.05) is 17.0 Å². The second-order valence-corrected chi connectivity index (χ2v) is 9.56. The number of sulfonamides is 1. The molecule has 0 bridgehead atoms. The van der Waals surface area contributed by atoms with E-state index in [2.05, 4.69) is 4.98 Å². The van der Waals surface area contributed by atoms with Crippen molar-refractivity contribution in [3.05, 3.63) is 47.6 Å². The molecule has 0 spiro atoms. The predicted octanol–water partition coefficient (Wildman–Crippen LogP) is 3.57. The first-order valence-electron chi connectivity index (χ1n) is 9.66. The molecule has 0 aliphatic carbocycles. The molecule has 3 heterocycles. The number of rotatable bonds is 5. The maximum Gasteiger partial charge on any atom is 0.246 e. The molecule has 0 amide bonds. The van der Waals surface area contributed by atoms with Gasteiger partial charge >= 0.3 is 0 Å². The van der Waals surface area contributed by atoms with E-state index in [1.54, 1.807) is 34.8 Å². The summed E-state index contributed by atoms with van der Waals surface area (Å²) in [6, 6.07) is 10.7. The first kappa shape index (κ1) is 19.5. The molecule has 0 N–H and O–H groups in total. The highest BCUT2D eigenvalue weighted by molar-refractivity contribution is 7.89. The van der Waals surface area contributed by atoms with Crippen LogP contribution in [0.25, 0.3) is 0 Å². The van der Waals surface area contributed by atoms with Crippen molar-refractivity contribution in [3.63, 3.8) is 0 Å². The fourth-order valence-corrected chi connectivity index (χ4v) is 5.68. The third-order valence-electron chi connectivity index (χ3n) is 5.23. The van der Waals surface area contributed by atoms with Crippen molar-refractivity contribution in [2.24, 2.45) is 0 Å². The summed E-state index contributed by atoms with van der Waals surface area (Å²) in [5, 5.41) is 0.631. The molecule has 8 heteroatoms. The summed E-state index contributed by atoms with van der Waals surface area (Å²) < 4.78 is 34.0. The molecule has 1 aromatic carbocycles. The number of nitrogens with zero attached hydrogens (tertiary/aromatic N) is 3. The van der Waals surface area contributed by atoms with E-state index in [0.29, 0.717) is 41.9 Å². The van der Waals surface area contributed by atoms with Crippen LogP contribution in [0, 0.1) is 0 Å². The Kier molecular flexibility index (Phi) is 5.75.